The molecule has 6 heteroatoms. The molecule has 104 valence electrons. The van der Waals surface area contributed by atoms with Crippen LogP contribution in [0.25, 0.3) is 0 Å². The first-order valence-corrected chi connectivity index (χ1v) is 5.92. The Kier molecular flexibility index (Phi) is 6.35. The average Bonchev–Trinajstić information content (AvgIpc) is 2.43. The molecule has 0 atom stereocenters. The van der Waals surface area contributed by atoms with Gasteiger partial charge in [0.1, 0.15) is 5.82 Å². The summed E-state index contributed by atoms with van der Waals surface area (Å²) < 4.78 is 17.9. The van der Waals surface area contributed by atoms with Crippen LogP contribution < -0.4 is 10.6 Å². The van der Waals surface area contributed by atoms with Crippen molar-refractivity contribution in [3.05, 3.63) is 35.6 Å². The molecule has 0 aliphatic heterocycles. The molecule has 0 aliphatic carbocycles. The van der Waals surface area contributed by atoms with E-state index in [0.717, 1.165) is 0 Å². The number of halogens is 1. The Labute approximate surface area is 111 Å². The summed E-state index contributed by atoms with van der Waals surface area (Å²) in [7, 11) is 2.95. The molecule has 5 nitrogen and oxygen atoms in total. The SMILES string of the molecule is CN=C(NCCC(=O)OC)NCc1ccccc1F. The molecular formula is C13H18FN3O2. The Morgan fingerprint density at radius 2 is 2.11 bits per heavy atom. The van der Waals surface area contributed by atoms with Crippen LogP contribution in [0.3, 0.4) is 0 Å². The van der Waals surface area contributed by atoms with E-state index in [1.54, 1.807) is 25.2 Å². The van der Waals surface area contributed by atoms with Gasteiger partial charge in [0.2, 0.25) is 0 Å². The third-order valence-corrected chi connectivity index (χ3v) is 2.48. The number of carbonyl (C=O) groups is 1. The number of nitrogens with zero attached hydrogens (tertiary/aromatic N) is 1. The van der Waals surface area contributed by atoms with E-state index in [-0.39, 0.29) is 18.2 Å². The number of nitrogens with one attached hydrogen (secondary N) is 2. The lowest BCUT2D eigenvalue weighted by molar-refractivity contribution is -0.140. The van der Waals surface area contributed by atoms with E-state index < -0.39 is 0 Å². The van der Waals surface area contributed by atoms with E-state index in [9.17, 15) is 9.18 Å². The number of hydrogen-bond donors (Lipinski definition) is 2. The Morgan fingerprint density at radius 3 is 2.74 bits per heavy atom. The summed E-state index contributed by atoms with van der Waals surface area (Å²) in [6.07, 6.45) is 0.247. The zero-order valence-corrected chi connectivity index (χ0v) is 11.1. The van der Waals surface area contributed by atoms with Crippen molar-refractivity contribution in [3.63, 3.8) is 0 Å². The molecule has 0 spiro atoms. The minimum atomic E-state index is -0.294. The molecule has 0 saturated carbocycles. The molecule has 0 radical (unpaired) electrons. The highest BCUT2D eigenvalue weighted by Crippen LogP contribution is 2.05. The number of guanidine groups is 1. The lowest BCUT2D eigenvalue weighted by Gasteiger charge is -2.11. The molecular weight excluding hydrogens is 249 g/mol. The van der Waals surface area contributed by atoms with Crippen molar-refractivity contribution in [1.29, 1.82) is 0 Å². The van der Waals surface area contributed by atoms with Gasteiger partial charge in [-0.15, -0.1) is 0 Å². The van der Waals surface area contributed by atoms with Crippen molar-refractivity contribution in [2.45, 2.75) is 13.0 Å². The van der Waals surface area contributed by atoms with E-state index in [1.807, 2.05) is 0 Å². The Bertz CT molecular complexity index is 449. The van der Waals surface area contributed by atoms with Crippen LogP contribution in [0.2, 0.25) is 0 Å². The van der Waals surface area contributed by atoms with Gasteiger partial charge in [-0.3, -0.25) is 9.79 Å². The number of benzene rings is 1. The van der Waals surface area contributed by atoms with Crippen LogP contribution in [0, 0.1) is 5.82 Å². The number of aliphatic imine (C=N–C) groups is 1. The molecule has 19 heavy (non-hydrogen) atoms. The van der Waals surface area contributed by atoms with E-state index >= 15 is 0 Å². The molecule has 1 rings (SSSR count). The molecule has 2 N–H and O–H groups in total. The number of esters is 1. The second kappa shape index (κ2) is 8.07. The third kappa shape index (κ3) is 5.37. The average molecular weight is 267 g/mol. The van der Waals surface area contributed by atoms with Gasteiger partial charge in [-0.05, 0) is 6.07 Å². The molecule has 0 bridgehead atoms. The maximum absolute atomic E-state index is 13.4. The highest BCUT2D eigenvalue weighted by atomic mass is 19.1. The van der Waals surface area contributed by atoms with E-state index in [2.05, 4.69) is 20.4 Å². The number of ether oxygens (including phenoxy) is 1. The number of methoxy groups -OCH3 is 1. The Balaban J connectivity index is 2.38. The predicted molar refractivity (Wildman–Crippen MR) is 71.2 cm³/mol. The Morgan fingerprint density at radius 1 is 1.37 bits per heavy atom. The smallest absolute Gasteiger partial charge is 0.307 e. The second-order valence-corrected chi connectivity index (χ2v) is 3.77. The third-order valence-electron chi connectivity index (χ3n) is 2.48. The van der Waals surface area contributed by atoms with Crippen molar-refractivity contribution in [2.75, 3.05) is 20.7 Å². The van der Waals surface area contributed by atoms with Gasteiger partial charge >= 0.3 is 5.97 Å². The minimum Gasteiger partial charge on any atom is -0.469 e. The summed E-state index contributed by atoms with van der Waals surface area (Å²) >= 11 is 0. The fourth-order valence-electron chi connectivity index (χ4n) is 1.43. The van der Waals surface area contributed by atoms with Crippen LogP contribution >= 0.6 is 0 Å². The number of rotatable bonds is 5. The van der Waals surface area contributed by atoms with Crippen LogP contribution in [-0.2, 0) is 16.1 Å². The van der Waals surface area contributed by atoms with Gasteiger partial charge < -0.3 is 15.4 Å². The van der Waals surface area contributed by atoms with Gasteiger partial charge in [0.15, 0.2) is 5.96 Å². The zero-order valence-electron chi connectivity index (χ0n) is 11.1. The maximum atomic E-state index is 13.4. The Hall–Kier alpha value is -2.11. The second-order valence-electron chi connectivity index (χ2n) is 3.77. The topological polar surface area (TPSA) is 62.7 Å². The van der Waals surface area contributed by atoms with Gasteiger partial charge in [0.25, 0.3) is 0 Å². The zero-order chi connectivity index (χ0) is 14.1. The van der Waals surface area contributed by atoms with Crippen molar-refractivity contribution < 1.29 is 13.9 Å². The van der Waals surface area contributed by atoms with Crippen molar-refractivity contribution >= 4 is 11.9 Å². The number of carbonyl (C=O) groups excluding carboxylic acids is 1. The van der Waals surface area contributed by atoms with E-state index in [0.29, 0.717) is 24.6 Å². The fourth-order valence-corrected chi connectivity index (χ4v) is 1.43. The lowest BCUT2D eigenvalue weighted by atomic mass is 10.2. The summed E-state index contributed by atoms with van der Waals surface area (Å²) in [4.78, 5) is 14.9. The van der Waals surface area contributed by atoms with Crippen molar-refractivity contribution in [3.8, 4) is 0 Å². The first-order valence-electron chi connectivity index (χ1n) is 5.92. The highest BCUT2D eigenvalue weighted by molar-refractivity contribution is 5.80. The molecule has 0 amide bonds. The van der Waals surface area contributed by atoms with Crippen molar-refractivity contribution in [1.82, 2.24) is 10.6 Å². The normalized spacial score (nSPS) is 11.0. The molecule has 0 unspecified atom stereocenters. The largest absolute Gasteiger partial charge is 0.469 e. The van der Waals surface area contributed by atoms with Crippen LogP contribution in [-0.4, -0.2) is 32.6 Å². The summed E-state index contributed by atoms with van der Waals surface area (Å²) in [6, 6.07) is 6.52. The van der Waals surface area contributed by atoms with Gasteiger partial charge in [-0.25, -0.2) is 4.39 Å². The molecule has 1 aromatic carbocycles. The summed E-state index contributed by atoms with van der Waals surface area (Å²) in [5.41, 5.74) is 0.554. The molecule has 0 heterocycles. The van der Waals surface area contributed by atoms with Crippen LogP contribution in [0.1, 0.15) is 12.0 Å². The summed E-state index contributed by atoms with van der Waals surface area (Å²) in [5.74, 6) is -0.0516. The molecule has 0 saturated heterocycles. The number of hydrogen-bond acceptors (Lipinski definition) is 3. The van der Waals surface area contributed by atoms with E-state index in [4.69, 9.17) is 0 Å². The molecule has 1 aromatic rings. The first-order chi connectivity index (χ1) is 9.17. The minimum absolute atomic E-state index is 0.247. The summed E-state index contributed by atoms with van der Waals surface area (Å²) in [6.45, 7) is 0.730. The first kappa shape index (κ1) is 14.9. The maximum Gasteiger partial charge on any atom is 0.307 e. The molecule has 0 aromatic heterocycles. The van der Waals surface area contributed by atoms with Crippen LogP contribution in [0.15, 0.2) is 29.3 Å². The standard InChI is InChI=1S/C13H18FN3O2/c1-15-13(16-8-7-12(18)19-2)17-9-10-5-3-4-6-11(10)14/h3-6H,7-9H2,1-2H3,(H2,15,16,17). The van der Waals surface area contributed by atoms with Gasteiger partial charge in [0, 0.05) is 25.7 Å². The molecule has 0 fully saturated rings. The van der Waals surface area contributed by atoms with E-state index in [1.165, 1.54) is 13.2 Å². The quantitative estimate of drug-likeness (QED) is 0.475. The predicted octanol–water partition coefficient (Wildman–Crippen LogP) is 1.05. The van der Waals surface area contributed by atoms with Gasteiger partial charge in [-0.2, -0.15) is 0 Å². The fraction of sp³-hybridized carbons (Fsp3) is 0.385. The lowest BCUT2D eigenvalue weighted by Crippen LogP contribution is -2.38. The van der Waals surface area contributed by atoms with Crippen LogP contribution in [0.4, 0.5) is 4.39 Å². The summed E-state index contributed by atoms with van der Waals surface area (Å²) in [5, 5.41) is 5.91. The monoisotopic (exact) mass is 267 g/mol. The van der Waals surface area contributed by atoms with Crippen molar-refractivity contribution in [2.24, 2.45) is 4.99 Å². The van der Waals surface area contributed by atoms with Crippen LogP contribution in [0.5, 0.6) is 0 Å². The highest BCUT2D eigenvalue weighted by Gasteiger charge is 2.04. The van der Waals surface area contributed by atoms with Gasteiger partial charge in [-0.1, -0.05) is 18.2 Å². The molecule has 0 aliphatic rings. The van der Waals surface area contributed by atoms with Gasteiger partial charge in [0.05, 0.1) is 13.5 Å².